The topological polar surface area (TPSA) is 52.9 Å². The molecule has 1 aromatic carbocycles. The molecule has 2 aromatic rings. The van der Waals surface area contributed by atoms with Gasteiger partial charge in [-0.2, -0.15) is 5.26 Å². The van der Waals surface area contributed by atoms with Crippen LogP contribution in [-0.4, -0.2) is 5.91 Å². The lowest BCUT2D eigenvalue weighted by atomic mass is 9.88. The van der Waals surface area contributed by atoms with Gasteiger partial charge < -0.3 is 5.32 Å². The van der Waals surface area contributed by atoms with Crippen LogP contribution in [-0.2, 0) is 12.8 Å². The van der Waals surface area contributed by atoms with E-state index in [0.29, 0.717) is 22.0 Å². The van der Waals surface area contributed by atoms with Gasteiger partial charge in [0.25, 0.3) is 5.91 Å². The van der Waals surface area contributed by atoms with Crippen molar-refractivity contribution >= 4 is 22.2 Å². The van der Waals surface area contributed by atoms with E-state index in [1.807, 2.05) is 31.2 Å². The molecule has 0 saturated heterocycles. The molecule has 3 rings (SSSR count). The van der Waals surface area contributed by atoms with E-state index in [2.05, 4.69) is 18.3 Å². The van der Waals surface area contributed by atoms with Crippen LogP contribution in [0, 0.1) is 24.2 Å². The van der Waals surface area contributed by atoms with Crippen molar-refractivity contribution in [2.45, 2.75) is 33.1 Å². The first-order valence-electron chi connectivity index (χ1n) is 7.51. The second-order valence-corrected chi connectivity index (χ2v) is 7.04. The summed E-state index contributed by atoms with van der Waals surface area (Å²) in [6, 6.07) is 9.79. The Bertz CT molecular complexity index is 770. The Balaban J connectivity index is 1.92. The maximum absolute atomic E-state index is 12.5. The first kappa shape index (κ1) is 14.8. The number of nitrogens with one attached hydrogen (secondary N) is 1. The Kier molecular flexibility index (Phi) is 4.00. The van der Waals surface area contributed by atoms with Crippen LogP contribution in [0.5, 0.6) is 0 Å². The zero-order valence-corrected chi connectivity index (χ0v) is 13.6. The Morgan fingerprint density at radius 3 is 2.91 bits per heavy atom. The molecule has 1 aliphatic rings. The molecule has 22 heavy (non-hydrogen) atoms. The normalized spacial score (nSPS) is 16.7. The minimum Gasteiger partial charge on any atom is -0.312 e. The summed E-state index contributed by atoms with van der Waals surface area (Å²) in [6.45, 7) is 4.13. The number of nitrogens with zero attached hydrogens (tertiary/aromatic N) is 1. The van der Waals surface area contributed by atoms with Gasteiger partial charge in [0.1, 0.15) is 11.1 Å². The van der Waals surface area contributed by atoms with E-state index < -0.39 is 0 Å². The molecule has 0 saturated carbocycles. The molecule has 1 atom stereocenters. The molecule has 0 bridgehead atoms. The predicted molar refractivity (Wildman–Crippen MR) is 89.4 cm³/mol. The van der Waals surface area contributed by atoms with Crippen LogP contribution >= 0.6 is 11.3 Å². The molecular weight excluding hydrogens is 292 g/mol. The molecule has 1 amide bonds. The van der Waals surface area contributed by atoms with Gasteiger partial charge in [-0.05, 0) is 49.3 Å². The lowest BCUT2D eigenvalue weighted by molar-refractivity contribution is 0.102. The highest BCUT2D eigenvalue weighted by molar-refractivity contribution is 7.16. The average Bonchev–Trinajstić information content (AvgIpc) is 2.83. The molecule has 112 valence electrons. The van der Waals surface area contributed by atoms with E-state index >= 15 is 0 Å². The van der Waals surface area contributed by atoms with Crippen LogP contribution in [0.4, 0.5) is 5.00 Å². The summed E-state index contributed by atoms with van der Waals surface area (Å²) >= 11 is 1.56. The Hall–Kier alpha value is -2.12. The van der Waals surface area contributed by atoms with Gasteiger partial charge in [-0.25, -0.2) is 0 Å². The van der Waals surface area contributed by atoms with Crippen molar-refractivity contribution in [3.8, 4) is 6.07 Å². The molecule has 0 spiro atoms. The SMILES string of the molecule is Cc1ccccc1C(=O)Nc1sc2c(c1C#N)C[C@H](C)CC2. The quantitative estimate of drug-likeness (QED) is 0.899. The van der Waals surface area contributed by atoms with Crippen molar-refractivity contribution in [2.24, 2.45) is 5.92 Å². The first-order chi connectivity index (χ1) is 10.6. The summed E-state index contributed by atoms with van der Waals surface area (Å²) in [7, 11) is 0. The van der Waals surface area contributed by atoms with E-state index in [4.69, 9.17) is 0 Å². The minimum atomic E-state index is -0.138. The van der Waals surface area contributed by atoms with Gasteiger partial charge >= 0.3 is 0 Å². The molecule has 1 aromatic heterocycles. The minimum absolute atomic E-state index is 0.138. The van der Waals surface area contributed by atoms with Crippen LogP contribution < -0.4 is 5.32 Å². The molecule has 4 heteroatoms. The number of hydrogen-bond acceptors (Lipinski definition) is 3. The molecule has 0 radical (unpaired) electrons. The van der Waals surface area contributed by atoms with Crippen LogP contribution in [0.1, 0.15) is 45.3 Å². The number of anilines is 1. The van der Waals surface area contributed by atoms with Crippen molar-refractivity contribution in [1.29, 1.82) is 5.26 Å². The van der Waals surface area contributed by atoms with Gasteiger partial charge in [-0.3, -0.25) is 4.79 Å². The zero-order valence-electron chi connectivity index (χ0n) is 12.8. The third-order valence-corrected chi connectivity index (χ3v) is 5.44. The monoisotopic (exact) mass is 310 g/mol. The van der Waals surface area contributed by atoms with E-state index in [1.54, 1.807) is 11.3 Å². The average molecular weight is 310 g/mol. The number of amides is 1. The Morgan fingerprint density at radius 2 is 2.18 bits per heavy atom. The van der Waals surface area contributed by atoms with Gasteiger partial charge in [-0.1, -0.05) is 25.1 Å². The summed E-state index contributed by atoms with van der Waals surface area (Å²) in [5.41, 5.74) is 3.40. The molecule has 1 N–H and O–H groups in total. The lowest BCUT2D eigenvalue weighted by Crippen LogP contribution is -2.13. The molecule has 0 unspecified atom stereocenters. The predicted octanol–water partition coefficient (Wildman–Crippen LogP) is 4.31. The van der Waals surface area contributed by atoms with E-state index in [1.165, 1.54) is 4.88 Å². The number of carbonyl (C=O) groups excluding carboxylic acids is 1. The van der Waals surface area contributed by atoms with Crippen LogP contribution in [0.25, 0.3) is 0 Å². The number of fused-ring (bicyclic) bond motifs is 1. The van der Waals surface area contributed by atoms with Gasteiger partial charge in [-0.15, -0.1) is 11.3 Å². The second kappa shape index (κ2) is 5.94. The van der Waals surface area contributed by atoms with Crippen molar-refractivity contribution in [1.82, 2.24) is 0 Å². The summed E-state index contributed by atoms with van der Waals surface area (Å²) < 4.78 is 0. The summed E-state index contributed by atoms with van der Waals surface area (Å²) in [5.74, 6) is 0.468. The van der Waals surface area contributed by atoms with E-state index in [9.17, 15) is 10.1 Å². The van der Waals surface area contributed by atoms with Crippen LogP contribution in [0.15, 0.2) is 24.3 Å². The summed E-state index contributed by atoms with van der Waals surface area (Å²) in [5, 5.41) is 13.1. The standard InChI is InChI=1S/C18H18N2OS/c1-11-7-8-16-14(9-11)15(10-19)18(22-16)20-17(21)13-6-4-3-5-12(13)2/h3-6,11H,7-9H2,1-2H3,(H,20,21)/t11-/m1/s1. The molecule has 1 heterocycles. The number of hydrogen-bond donors (Lipinski definition) is 1. The van der Waals surface area contributed by atoms with E-state index in [-0.39, 0.29) is 5.91 Å². The third-order valence-electron chi connectivity index (χ3n) is 4.24. The van der Waals surface area contributed by atoms with Crippen LogP contribution in [0.3, 0.4) is 0 Å². The van der Waals surface area contributed by atoms with Crippen molar-refractivity contribution in [2.75, 3.05) is 5.32 Å². The highest BCUT2D eigenvalue weighted by atomic mass is 32.1. The molecule has 0 fully saturated rings. The maximum atomic E-state index is 12.5. The van der Waals surface area contributed by atoms with Crippen molar-refractivity contribution in [3.05, 3.63) is 51.4 Å². The summed E-state index contributed by atoms with van der Waals surface area (Å²) in [4.78, 5) is 13.7. The molecule has 1 aliphatic carbocycles. The van der Waals surface area contributed by atoms with Gasteiger partial charge in [0.2, 0.25) is 0 Å². The highest BCUT2D eigenvalue weighted by Crippen LogP contribution is 2.39. The highest BCUT2D eigenvalue weighted by Gasteiger charge is 2.25. The fraction of sp³-hybridized carbons (Fsp3) is 0.333. The van der Waals surface area contributed by atoms with Crippen molar-refractivity contribution in [3.63, 3.8) is 0 Å². The number of thiophene rings is 1. The third kappa shape index (κ3) is 2.65. The maximum Gasteiger partial charge on any atom is 0.256 e. The van der Waals surface area contributed by atoms with E-state index in [0.717, 1.165) is 30.4 Å². The van der Waals surface area contributed by atoms with Gasteiger partial charge in [0.15, 0.2) is 0 Å². The number of benzene rings is 1. The van der Waals surface area contributed by atoms with Crippen LogP contribution in [0.2, 0.25) is 0 Å². The zero-order chi connectivity index (χ0) is 15.7. The fourth-order valence-corrected chi connectivity index (χ4v) is 4.15. The first-order valence-corrected chi connectivity index (χ1v) is 8.33. The molecular formula is C18H18N2OS. The largest absolute Gasteiger partial charge is 0.312 e. The number of aryl methyl sites for hydroxylation is 2. The smallest absolute Gasteiger partial charge is 0.256 e. The van der Waals surface area contributed by atoms with Crippen molar-refractivity contribution < 1.29 is 4.79 Å². The lowest BCUT2D eigenvalue weighted by Gasteiger charge is -2.17. The number of carbonyl (C=O) groups is 1. The fourth-order valence-electron chi connectivity index (χ4n) is 2.96. The van der Waals surface area contributed by atoms with Gasteiger partial charge in [0, 0.05) is 10.4 Å². The molecule has 0 aliphatic heterocycles. The number of nitriles is 1. The molecule has 3 nitrogen and oxygen atoms in total. The number of rotatable bonds is 2. The Labute approximate surface area is 134 Å². The Morgan fingerprint density at radius 1 is 1.41 bits per heavy atom. The second-order valence-electron chi connectivity index (χ2n) is 5.94. The van der Waals surface area contributed by atoms with Gasteiger partial charge in [0.05, 0.1) is 5.56 Å². The summed E-state index contributed by atoms with van der Waals surface area (Å²) in [6.07, 6.45) is 3.11.